The summed E-state index contributed by atoms with van der Waals surface area (Å²) in [5.74, 6) is 0.629. The molecule has 0 aliphatic carbocycles. The smallest absolute Gasteiger partial charge is 0.322 e. The summed E-state index contributed by atoms with van der Waals surface area (Å²) in [6.07, 6.45) is 1.08. The van der Waals surface area contributed by atoms with Crippen molar-refractivity contribution < 1.29 is 4.42 Å². The second-order valence-corrected chi connectivity index (χ2v) is 5.18. The molecule has 0 aliphatic heterocycles. The van der Waals surface area contributed by atoms with Gasteiger partial charge in [-0.2, -0.15) is 0 Å². The Morgan fingerprint density at radius 3 is 2.52 bits per heavy atom. The van der Waals surface area contributed by atoms with Crippen LogP contribution < -0.4 is 10.2 Å². The summed E-state index contributed by atoms with van der Waals surface area (Å²) in [6, 6.07) is 8.93. The van der Waals surface area contributed by atoms with Gasteiger partial charge < -0.3 is 9.73 Å². The predicted octanol–water partition coefficient (Wildman–Crippen LogP) is 3.60. The number of benzene rings is 1. The molecule has 114 valence electrons. The third kappa shape index (κ3) is 3.82. The second-order valence-electron chi connectivity index (χ2n) is 5.18. The van der Waals surface area contributed by atoms with Crippen molar-refractivity contribution in [1.82, 2.24) is 15.5 Å². The number of nitrogens with one attached hydrogen (secondary N) is 1. The van der Waals surface area contributed by atoms with Gasteiger partial charge in [0.25, 0.3) is 0 Å². The fraction of sp³-hybridized carbons (Fsp3) is 0.500. The Labute approximate surface area is 126 Å². The molecule has 2 aromatic rings. The van der Waals surface area contributed by atoms with Gasteiger partial charge in [0.15, 0.2) is 0 Å². The van der Waals surface area contributed by atoms with Crippen LogP contribution in [0.3, 0.4) is 0 Å². The van der Waals surface area contributed by atoms with Gasteiger partial charge in [0.05, 0.1) is 6.04 Å². The number of anilines is 2. The number of nitrogens with zero attached hydrogens (tertiary/aromatic N) is 3. The minimum absolute atomic E-state index is 0.0722. The van der Waals surface area contributed by atoms with Crippen molar-refractivity contribution in [3.05, 3.63) is 35.7 Å². The minimum Gasteiger partial charge on any atom is -0.406 e. The first kappa shape index (κ1) is 15.5. The van der Waals surface area contributed by atoms with Gasteiger partial charge in [-0.15, -0.1) is 5.10 Å². The molecule has 0 spiro atoms. The van der Waals surface area contributed by atoms with Gasteiger partial charge in [0.2, 0.25) is 5.89 Å². The molecule has 1 unspecified atom stereocenters. The maximum Gasteiger partial charge on any atom is 0.322 e. The van der Waals surface area contributed by atoms with Gasteiger partial charge in [-0.1, -0.05) is 29.7 Å². The topological polar surface area (TPSA) is 54.2 Å². The van der Waals surface area contributed by atoms with Crippen molar-refractivity contribution in [3.63, 3.8) is 0 Å². The summed E-state index contributed by atoms with van der Waals surface area (Å²) >= 11 is 0. The van der Waals surface area contributed by atoms with Crippen molar-refractivity contribution >= 4 is 11.7 Å². The van der Waals surface area contributed by atoms with E-state index in [1.807, 2.05) is 11.8 Å². The van der Waals surface area contributed by atoms with Crippen LogP contribution in [0.5, 0.6) is 0 Å². The van der Waals surface area contributed by atoms with Gasteiger partial charge in [0, 0.05) is 12.2 Å². The quantitative estimate of drug-likeness (QED) is 0.843. The molecular weight excluding hydrogens is 264 g/mol. The van der Waals surface area contributed by atoms with E-state index in [9.17, 15) is 0 Å². The highest BCUT2D eigenvalue weighted by atomic mass is 16.4. The first-order chi connectivity index (χ1) is 10.2. The van der Waals surface area contributed by atoms with Gasteiger partial charge in [0.1, 0.15) is 0 Å². The Bertz CT molecular complexity index is 550. The number of hydrogen-bond acceptors (Lipinski definition) is 5. The molecule has 21 heavy (non-hydrogen) atoms. The third-order valence-corrected chi connectivity index (χ3v) is 3.39. The minimum atomic E-state index is 0.0722. The first-order valence-corrected chi connectivity index (χ1v) is 7.56. The maximum absolute atomic E-state index is 5.82. The zero-order chi connectivity index (χ0) is 15.2. The van der Waals surface area contributed by atoms with E-state index in [1.54, 1.807) is 0 Å². The van der Waals surface area contributed by atoms with Crippen LogP contribution in [0.2, 0.25) is 0 Å². The van der Waals surface area contributed by atoms with Gasteiger partial charge >= 0.3 is 6.01 Å². The highest BCUT2D eigenvalue weighted by Crippen LogP contribution is 2.25. The molecule has 5 heteroatoms. The molecule has 1 aromatic carbocycles. The fourth-order valence-electron chi connectivity index (χ4n) is 2.11. The van der Waals surface area contributed by atoms with Crippen molar-refractivity contribution in [2.24, 2.45) is 0 Å². The normalized spacial score (nSPS) is 12.4. The fourth-order valence-corrected chi connectivity index (χ4v) is 2.11. The van der Waals surface area contributed by atoms with E-state index >= 15 is 0 Å². The standard InChI is InChI=1S/C16H24N4O/c1-5-11-17-13(4)15-18-19-16(21-15)20(6-2)14-9-7-12(3)8-10-14/h7-10,13,17H,5-6,11H2,1-4H3. The van der Waals surface area contributed by atoms with Gasteiger partial charge in [-0.25, -0.2) is 0 Å². The third-order valence-electron chi connectivity index (χ3n) is 3.39. The van der Waals surface area contributed by atoms with Crippen molar-refractivity contribution in [2.75, 3.05) is 18.0 Å². The van der Waals surface area contributed by atoms with Crippen LogP contribution in [0.4, 0.5) is 11.7 Å². The molecule has 0 aliphatic rings. The van der Waals surface area contributed by atoms with Crippen LogP contribution in [0.25, 0.3) is 0 Å². The molecule has 0 amide bonds. The van der Waals surface area contributed by atoms with Crippen LogP contribution in [0.15, 0.2) is 28.7 Å². The molecule has 5 nitrogen and oxygen atoms in total. The van der Waals surface area contributed by atoms with Gasteiger partial charge in [-0.3, -0.25) is 4.90 Å². The van der Waals surface area contributed by atoms with Crippen LogP contribution in [0.1, 0.15) is 44.7 Å². The lowest BCUT2D eigenvalue weighted by Crippen LogP contribution is -2.19. The van der Waals surface area contributed by atoms with E-state index in [1.165, 1.54) is 5.56 Å². The molecule has 0 saturated carbocycles. The molecule has 1 aromatic heterocycles. The highest BCUT2D eigenvalue weighted by molar-refractivity contribution is 5.56. The average Bonchev–Trinajstić information content (AvgIpc) is 2.97. The van der Waals surface area contributed by atoms with E-state index in [-0.39, 0.29) is 6.04 Å². The number of aryl methyl sites for hydroxylation is 1. The van der Waals surface area contributed by atoms with Crippen molar-refractivity contribution in [3.8, 4) is 0 Å². The highest BCUT2D eigenvalue weighted by Gasteiger charge is 2.18. The van der Waals surface area contributed by atoms with Crippen molar-refractivity contribution in [1.29, 1.82) is 0 Å². The zero-order valence-corrected chi connectivity index (χ0v) is 13.3. The van der Waals surface area contributed by atoms with E-state index in [4.69, 9.17) is 4.42 Å². The van der Waals surface area contributed by atoms with Crippen LogP contribution in [-0.2, 0) is 0 Å². The van der Waals surface area contributed by atoms with Crippen LogP contribution >= 0.6 is 0 Å². The average molecular weight is 288 g/mol. The van der Waals surface area contributed by atoms with E-state index in [2.05, 4.69) is 60.6 Å². The molecular formula is C16H24N4O. The van der Waals surface area contributed by atoms with E-state index in [0.717, 1.165) is 25.2 Å². The summed E-state index contributed by atoms with van der Waals surface area (Å²) in [7, 11) is 0. The Hall–Kier alpha value is -1.88. The molecule has 1 heterocycles. The summed E-state index contributed by atoms with van der Waals surface area (Å²) < 4.78 is 5.82. The largest absolute Gasteiger partial charge is 0.406 e. The van der Waals surface area contributed by atoms with E-state index < -0.39 is 0 Å². The summed E-state index contributed by atoms with van der Waals surface area (Å²) in [5, 5.41) is 11.7. The Morgan fingerprint density at radius 2 is 1.90 bits per heavy atom. The molecule has 0 bridgehead atoms. The zero-order valence-electron chi connectivity index (χ0n) is 13.3. The summed E-state index contributed by atoms with van der Waals surface area (Å²) in [4.78, 5) is 2.02. The number of aromatic nitrogens is 2. The second kappa shape index (κ2) is 7.22. The van der Waals surface area contributed by atoms with Crippen LogP contribution in [-0.4, -0.2) is 23.3 Å². The molecule has 0 saturated heterocycles. The SMILES string of the molecule is CCCNC(C)c1nnc(N(CC)c2ccc(C)cc2)o1. The number of hydrogen-bond donors (Lipinski definition) is 1. The lowest BCUT2D eigenvalue weighted by atomic mass is 10.2. The summed E-state index contributed by atoms with van der Waals surface area (Å²) in [6.45, 7) is 10.0. The van der Waals surface area contributed by atoms with E-state index in [0.29, 0.717) is 11.9 Å². The van der Waals surface area contributed by atoms with Gasteiger partial charge in [-0.05, 0) is 45.9 Å². The molecule has 2 rings (SSSR count). The Balaban J connectivity index is 2.16. The summed E-state index contributed by atoms with van der Waals surface area (Å²) in [5.41, 5.74) is 2.30. The lowest BCUT2D eigenvalue weighted by molar-refractivity contribution is 0.418. The Morgan fingerprint density at radius 1 is 1.19 bits per heavy atom. The monoisotopic (exact) mass is 288 g/mol. The Kier molecular flexibility index (Phi) is 5.33. The van der Waals surface area contributed by atoms with Crippen molar-refractivity contribution in [2.45, 2.75) is 40.2 Å². The van der Waals surface area contributed by atoms with Crippen LogP contribution in [0, 0.1) is 6.92 Å². The number of rotatable bonds is 7. The molecule has 0 radical (unpaired) electrons. The maximum atomic E-state index is 5.82. The lowest BCUT2D eigenvalue weighted by Gasteiger charge is -2.18. The predicted molar refractivity (Wildman–Crippen MR) is 84.9 cm³/mol. The first-order valence-electron chi connectivity index (χ1n) is 7.56. The molecule has 0 fully saturated rings. The molecule has 1 atom stereocenters. The molecule has 1 N–H and O–H groups in total.